The Morgan fingerprint density at radius 3 is 2.38 bits per heavy atom. The summed E-state index contributed by atoms with van der Waals surface area (Å²) in [6.45, 7) is 11.5. The summed E-state index contributed by atoms with van der Waals surface area (Å²) in [5.41, 5.74) is 5.94. The minimum absolute atomic E-state index is 0.00557. The maximum atomic E-state index is 6.08. The largest absolute Gasteiger partial charge is 0.475 e. The fraction of sp³-hybridized carbons (Fsp3) is 1.00. The number of nitrogens with two attached hydrogens (primary N) is 1. The highest BCUT2D eigenvalue weighted by atomic mass is 16.7. The van der Waals surface area contributed by atoms with Crippen LogP contribution in [0.25, 0.3) is 0 Å². The minimum Gasteiger partial charge on any atom is -0.407 e. The second kappa shape index (κ2) is 5.52. The molecule has 0 aromatic carbocycles. The highest BCUT2D eigenvalue weighted by molar-refractivity contribution is 6.47. The van der Waals surface area contributed by atoms with Crippen LogP contribution in [0.4, 0.5) is 0 Å². The summed E-state index contributed by atoms with van der Waals surface area (Å²) < 4.78 is 11.7. The maximum absolute atomic E-state index is 6.08. The van der Waals surface area contributed by atoms with Gasteiger partial charge in [-0.15, -0.1) is 0 Å². The van der Waals surface area contributed by atoms with Crippen LogP contribution in [0, 0.1) is 11.8 Å². The van der Waals surface area contributed by atoms with Crippen molar-refractivity contribution < 1.29 is 9.31 Å². The first-order valence-electron chi connectivity index (χ1n) is 6.37. The standard InChI is InChI=1S/C12H26BNO2/c1-9(2)6-11(14)13-15-8-12(5,16-13)7-10(3)4/h9-11H,6-8,14H2,1-5H3/t11-,12-/m0/s1. The fourth-order valence-electron chi connectivity index (χ4n) is 2.44. The van der Waals surface area contributed by atoms with Crippen LogP contribution in [0.5, 0.6) is 0 Å². The smallest absolute Gasteiger partial charge is 0.407 e. The summed E-state index contributed by atoms with van der Waals surface area (Å²) in [5.74, 6) is 1.20. The lowest BCUT2D eigenvalue weighted by Crippen LogP contribution is -2.43. The topological polar surface area (TPSA) is 44.5 Å². The summed E-state index contributed by atoms with van der Waals surface area (Å²) in [4.78, 5) is 0. The van der Waals surface area contributed by atoms with E-state index in [1.54, 1.807) is 0 Å². The van der Waals surface area contributed by atoms with E-state index in [1.165, 1.54) is 0 Å². The Morgan fingerprint density at radius 1 is 1.25 bits per heavy atom. The summed E-state index contributed by atoms with van der Waals surface area (Å²) in [6, 6.07) is 0. The molecule has 0 aromatic rings. The molecule has 0 unspecified atom stereocenters. The maximum Gasteiger partial charge on any atom is 0.475 e. The van der Waals surface area contributed by atoms with Crippen molar-refractivity contribution in [1.29, 1.82) is 0 Å². The lowest BCUT2D eigenvalue weighted by molar-refractivity contribution is 0.0861. The summed E-state index contributed by atoms with van der Waals surface area (Å²) >= 11 is 0. The predicted octanol–water partition coefficient (Wildman–Crippen LogP) is 2.24. The monoisotopic (exact) mass is 227 g/mol. The first-order valence-corrected chi connectivity index (χ1v) is 6.37. The molecule has 0 bridgehead atoms. The van der Waals surface area contributed by atoms with E-state index >= 15 is 0 Å². The zero-order valence-electron chi connectivity index (χ0n) is 11.3. The van der Waals surface area contributed by atoms with Gasteiger partial charge in [-0.05, 0) is 31.6 Å². The van der Waals surface area contributed by atoms with Gasteiger partial charge in [-0.1, -0.05) is 27.7 Å². The van der Waals surface area contributed by atoms with Crippen molar-refractivity contribution in [2.45, 2.75) is 59.0 Å². The third-order valence-corrected chi connectivity index (χ3v) is 2.89. The molecule has 0 amide bonds. The average molecular weight is 227 g/mol. The van der Waals surface area contributed by atoms with Crippen LogP contribution in [0.15, 0.2) is 0 Å². The Morgan fingerprint density at radius 2 is 1.88 bits per heavy atom. The van der Waals surface area contributed by atoms with Crippen LogP contribution in [0.3, 0.4) is 0 Å². The van der Waals surface area contributed by atoms with Crippen LogP contribution >= 0.6 is 0 Å². The summed E-state index contributed by atoms with van der Waals surface area (Å²) in [7, 11) is -0.217. The van der Waals surface area contributed by atoms with E-state index in [-0.39, 0.29) is 18.7 Å². The van der Waals surface area contributed by atoms with Gasteiger partial charge in [-0.2, -0.15) is 0 Å². The molecule has 0 aromatic heterocycles. The highest BCUT2D eigenvalue weighted by Gasteiger charge is 2.43. The van der Waals surface area contributed by atoms with Crippen LogP contribution < -0.4 is 5.73 Å². The van der Waals surface area contributed by atoms with E-state index in [1.807, 2.05) is 0 Å². The van der Waals surface area contributed by atoms with Crippen molar-refractivity contribution in [2.75, 3.05) is 6.61 Å². The van der Waals surface area contributed by atoms with Gasteiger partial charge in [-0.3, -0.25) is 0 Å². The van der Waals surface area contributed by atoms with E-state index in [9.17, 15) is 0 Å². The highest BCUT2D eigenvalue weighted by Crippen LogP contribution is 2.29. The van der Waals surface area contributed by atoms with Gasteiger partial charge < -0.3 is 15.0 Å². The molecule has 0 radical (unpaired) electrons. The van der Waals surface area contributed by atoms with Crippen LogP contribution in [0.1, 0.15) is 47.5 Å². The number of hydrogen-bond donors (Lipinski definition) is 1. The molecular formula is C12H26BNO2. The van der Waals surface area contributed by atoms with E-state index in [0.717, 1.165) is 12.8 Å². The van der Waals surface area contributed by atoms with Gasteiger partial charge in [0.25, 0.3) is 0 Å². The Hall–Kier alpha value is -0.0551. The second-order valence-corrected chi connectivity index (χ2v) is 6.14. The van der Waals surface area contributed by atoms with Crippen molar-refractivity contribution in [3.05, 3.63) is 0 Å². The molecule has 2 N–H and O–H groups in total. The van der Waals surface area contributed by atoms with Crippen LogP contribution in [-0.4, -0.2) is 25.3 Å². The van der Waals surface area contributed by atoms with Gasteiger partial charge >= 0.3 is 7.12 Å². The Balaban J connectivity index is 2.44. The third-order valence-electron chi connectivity index (χ3n) is 2.89. The van der Waals surface area contributed by atoms with Gasteiger partial charge in [0, 0.05) is 5.94 Å². The Bertz CT molecular complexity index is 223. The first-order chi connectivity index (χ1) is 7.32. The minimum atomic E-state index is -0.217. The molecule has 1 rings (SSSR count). The lowest BCUT2D eigenvalue weighted by Gasteiger charge is -2.26. The van der Waals surface area contributed by atoms with Gasteiger partial charge in [0.15, 0.2) is 0 Å². The normalized spacial score (nSPS) is 28.1. The molecule has 3 nitrogen and oxygen atoms in total. The van der Waals surface area contributed by atoms with Gasteiger partial charge in [0.2, 0.25) is 0 Å². The van der Waals surface area contributed by atoms with E-state index in [2.05, 4.69) is 34.6 Å². The molecule has 94 valence electrons. The zero-order valence-corrected chi connectivity index (χ0v) is 11.3. The molecule has 1 fully saturated rings. The summed E-state index contributed by atoms with van der Waals surface area (Å²) in [5, 5.41) is 0. The van der Waals surface area contributed by atoms with Crippen molar-refractivity contribution in [3.63, 3.8) is 0 Å². The van der Waals surface area contributed by atoms with E-state index < -0.39 is 0 Å². The quantitative estimate of drug-likeness (QED) is 0.732. The molecule has 2 atom stereocenters. The average Bonchev–Trinajstić information content (AvgIpc) is 2.44. The molecule has 4 heteroatoms. The van der Waals surface area contributed by atoms with E-state index in [4.69, 9.17) is 15.0 Å². The van der Waals surface area contributed by atoms with Gasteiger partial charge in [0.1, 0.15) is 0 Å². The fourth-order valence-corrected chi connectivity index (χ4v) is 2.44. The molecule has 1 heterocycles. The van der Waals surface area contributed by atoms with Gasteiger partial charge in [0.05, 0.1) is 12.2 Å². The Labute approximate surface area is 100 Å². The third kappa shape index (κ3) is 4.08. The van der Waals surface area contributed by atoms with E-state index in [0.29, 0.717) is 18.4 Å². The van der Waals surface area contributed by atoms with Crippen molar-refractivity contribution in [1.82, 2.24) is 0 Å². The zero-order chi connectivity index (χ0) is 12.3. The van der Waals surface area contributed by atoms with Crippen molar-refractivity contribution in [2.24, 2.45) is 17.6 Å². The SMILES string of the molecule is CC(C)C[C@H](N)B1OC[C@](C)(CC(C)C)O1. The van der Waals surface area contributed by atoms with Crippen LogP contribution in [-0.2, 0) is 9.31 Å². The van der Waals surface area contributed by atoms with Gasteiger partial charge in [-0.25, -0.2) is 0 Å². The molecule has 1 saturated heterocycles. The Kier molecular flexibility index (Phi) is 4.83. The van der Waals surface area contributed by atoms with Crippen molar-refractivity contribution in [3.8, 4) is 0 Å². The molecule has 0 spiro atoms. The summed E-state index contributed by atoms with van der Waals surface area (Å²) in [6.07, 6.45) is 1.97. The van der Waals surface area contributed by atoms with Crippen LogP contribution in [0.2, 0.25) is 0 Å². The number of hydrogen-bond acceptors (Lipinski definition) is 3. The molecule has 1 aliphatic rings. The number of rotatable bonds is 5. The second-order valence-electron chi connectivity index (χ2n) is 6.14. The molecule has 1 aliphatic heterocycles. The predicted molar refractivity (Wildman–Crippen MR) is 68.1 cm³/mol. The molecule has 0 aliphatic carbocycles. The van der Waals surface area contributed by atoms with Crippen molar-refractivity contribution >= 4 is 7.12 Å². The molecular weight excluding hydrogens is 201 g/mol. The molecule has 0 saturated carbocycles. The molecule has 16 heavy (non-hydrogen) atoms. The lowest BCUT2D eigenvalue weighted by atomic mass is 9.75. The first kappa shape index (κ1) is 14.0.